The molecule has 2 amide bonds. The lowest BCUT2D eigenvalue weighted by Crippen LogP contribution is -2.58. The Kier molecular flexibility index (Phi) is 3.19. The van der Waals surface area contributed by atoms with Crippen molar-refractivity contribution in [2.45, 2.75) is 31.1 Å². The Morgan fingerprint density at radius 3 is 3.00 bits per heavy atom. The van der Waals surface area contributed by atoms with E-state index in [0.717, 1.165) is 6.54 Å². The minimum Gasteiger partial charge on any atom is -0.345 e. The first-order valence-electron chi connectivity index (χ1n) is 5.37. The fourth-order valence-corrected chi connectivity index (χ4v) is 3.30. The van der Waals surface area contributed by atoms with Gasteiger partial charge in [0.15, 0.2) is 0 Å². The van der Waals surface area contributed by atoms with Gasteiger partial charge < -0.3 is 10.2 Å². The minimum absolute atomic E-state index is 0.0300. The molecule has 0 bridgehead atoms. The largest absolute Gasteiger partial charge is 0.345 e. The second-order valence-electron chi connectivity index (χ2n) is 4.07. The molecule has 2 atom stereocenters. The number of piperazine rings is 1. The van der Waals surface area contributed by atoms with Gasteiger partial charge in [-0.1, -0.05) is 0 Å². The van der Waals surface area contributed by atoms with Crippen LogP contribution in [0.2, 0.25) is 0 Å². The molecule has 2 rings (SSSR count). The van der Waals surface area contributed by atoms with Gasteiger partial charge in [0.05, 0.1) is 6.54 Å². The highest BCUT2D eigenvalue weighted by molar-refractivity contribution is 8.00. The summed E-state index contributed by atoms with van der Waals surface area (Å²) in [4.78, 5) is 24.8. The fourth-order valence-electron chi connectivity index (χ4n) is 2.04. The van der Waals surface area contributed by atoms with Crippen molar-refractivity contribution in [1.29, 1.82) is 0 Å². The van der Waals surface area contributed by atoms with Crippen LogP contribution in [-0.2, 0) is 9.59 Å². The van der Waals surface area contributed by atoms with E-state index in [1.165, 1.54) is 18.6 Å². The Bertz CT molecular complexity index is 277. The molecular formula is C10H16N2O2S. The van der Waals surface area contributed by atoms with Crippen molar-refractivity contribution in [2.75, 3.05) is 18.8 Å². The zero-order valence-corrected chi connectivity index (χ0v) is 9.68. The van der Waals surface area contributed by atoms with Gasteiger partial charge >= 0.3 is 0 Å². The molecule has 5 heteroatoms. The van der Waals surface area contributed by atoms with Crippen LogP contribution < -0.4 is 5.32 Å². The smallest absolute Gasteiger partial charge is 0.242 e. The molecule has 2 unspecified atom stereocenters. The number of nitrogens with zero attached hydrogens (tertiary/aromatic N) is 1. The van der Waals surface area contributed by atoms with Gasteiger partial charge in [-0.05, 0) is 25.5 Å². The maximum absolute atomic E-state index is 11.6. The normalized spacial score (nSPS) is 31.9. The molecule has 2 aliphatic rings. The lowest BCUT2D eigenvalue weighted by atomic mass is 10.1. The average molecular weight is 228 g/mol. The van der Waals surface area contributed by atoms with E-state index < -0.39 is 0 Å². The van der Waals surface area contributed by atoms with E-state index in [2.05, 4.69) is 5.32 Å². The first-order chi connectivity index (χ1) is 7.18. The molecule has 1 N–H and O–H groups in total. The molecule has 4 nitrogen and oxygen atoms in total. The van der Waals surface area contributed by atoms with Crippen LogP contribution in [0.15, 0.2) is 0 Å². The molecule has 2 aliphatic heterocycles. The molecule has 0 aromatic rings. The monoisotopic (exact) mass is 228 g/mol. The summed E-state index contributed by atoms with van der Waals surface area (Å²) in [5.41, 5.74) is 0. The van der Waals surface area contributed by atoms with E-state index >= 15 is 0 Å². The summed E-state index contributed by atoms with van der Waals surface area (Å²) in [6, 6.07) is -0.299. The quantitative estimate of drug-likeness (QED) is 0.736. The molecule has 0 saturated carbocycles. The summed E-state index contributed by atoms with van der Waals surface area (Å²) in [5.74, 6) is 1.21. The SMILES string of the molecule is CC1C(=O)NCC(=O)N1CC1CCCS1. The third-order valence-electron chi connectivity index (χ3n) is 3.01. The molecule has 0 aromatic heterocycles. The number of hydrogen-bond acceptors (Lipinski definition) is 3. The van der Waals surface area contributed by atoms with E-state index in [1.807, 2.05) is 11.8 Å². The summed E-state index contributed by atoms with van der Waals surface area (Å²) in [6.45, 7) is 2.70. The van der Waals surface area contributed by atoms with Crippen LogP contribution in [0.1, 0.15) is 19.8 Å². The third-order valence-corrected chi connectivity index (χ3v) is 4.39. The zero-order chi connectivity index (χ0) is 10.8. The van der Waals surface area contributed by atoms with Crippen LogP contribution in [0, 0.1) is 0 Å². The summed E-state index contributed by atoms with van der Waals surface area (Å²) >= 11 is 1.92. The molecule has 84 valence electrons. The topological polar surface area (TPSA) is 49.4 Å². The molecule has 0 spiro atoms. The number of nitrogens with one attached hydrogen (secondary N) is 1. The molecule has 0 radical (unpaired) electrons. The van der Waals surface area contributed by atoms with Crippen LogP contribution in [0.4, 0.5) is 0 Å². The van der Waals surface area contributed by atoms with E-state index in [1.54, 1.807) is 11.8 Å². The van der Waals surface area contributed by atoms with Crippen molar-refractivity contribution >= 4 is 23.6 Å². The van der Waals surface area contributed by atoms with Gasteiger partial charge in [0.25, 0.3) is 0 Å². The van der Waals surface area contributed by atoms with Crippen molar-refractivity contribution in [1.82, 2.24) is 10.2 Å². The lowest BCUT2D eigenvalue weighted by molar-refractivity contribution is -0.144. The van der Waals surface area contributed by atoms with E-state index in [-0.39, 0.29) is 24.4 Å². The van der Waals surface area contributed by atoms with Crippen molar-refractivity contribution < 1.29 is 9.59 Å². The molecule has 0 aliphatic carbocycles. The van der Waals surface area contributed by atoms with Gasteiger partial charge in [0.2, 0.25) is 11.8 Å². The summed E-state index contributed by atoms with van der Waals surface area (Å²) in [6.07, 6.45) is 2.40. The summed E-state index contributed by atoms with van der Waals surface area (Å²) in [7, 11) is 0. The van der Waals surface area contributed by atoms with Gasteiger partial charge in [-0.15, -0.1) is 0 Å². The molecule has 0 aromatic carbocycles. The van der Waals surface area contributed by atoms with Gasteiger partial charge in [-0.2, -0.15) is 11.8 Å². The Morgan fingerprint density at radius 2 is 2.33 bits per heavy atom. The first-order valence-corrected chi connectivity index (χ1v) is 6.42. The fraction of sp³-hybridized carbons (Fsp3) is 0.800. The number of rotatable bonds is 2. The van der Waals surface area contributed by atoms with Crippen LogP contribution in [0.5, 0.6) is 0 Å². The Morgan fingerprint density at radius 1 is 1.53 bits per heavy atom. The van der Waals surface area contributed by atoms with Crippen LogP contribution in [-0.4, -0.2) is 46.8 Å². The predicted octanol–water partition coefficient (Wildman–Crippen LogP) is 0.229. The Balaban J connectivity index is 1.97. The first kappa shape index (κ1) is 10.8. The van der Waals surface area contributed by atoms with Crippen molar-refractivity contribution in [3.8, 4) is 0 Å². The van der Waals surface area contributed by atoms with Crippen molar-refractivity contribution in [2.24, 2.45) is 0 Å². The second kappa shape index (κ2) is 4.43. The number of thioether (sulfide) groups is 1. The van der Waals surface area contributed by atoms with Gasteiger partial charge in [0.1, 0.15) is 6.04 Å². The number of hydrogen-bond donors (Lipinski definition) is 1. The summed E-state index contributed by atoms with van der Waals surface area (Å²) in [5, 5.41) is 3.13. The molecular weight excluding hydrogens is 212 g/mol. The maximum atomic E-state index is 11.6. The third kappa shape index (κ3) is 2.27. The number of carbonyl (C=O) groups is 2. The highest BCUT2D eigenvalue weighted by atomic mass is 32.2. The molecule has 2 heterocycles. The van der Waals surface area contributed by atoms with E-state index in [4.69, 9.17) is 0 Å². The van der Waals surface area contributed by atoms with Crippen LogP contribution in [0.25, 0.3) is 0 Å². The van der Waals surface area contributed by atoms with Crippen LogP contribution >= 0.6 is 11.8 Å². The van der Waals surface area contributed by atoms with Gasteiger partial charge in [-0.3, -0.25) is 9.59 Å². The average Bonchev–Trinajstić information content (AvgIpc) is 2.71. The van der Waals surface area contributed by atoms with E-state index in [0.29, 0.717) is 5.25 Å². The van der Waals surface area contributed by atoms with Gasteiger partial charge in [0, 0.05) is 11.8 Å². The standard InChI is InChI=1S/C10H16N2O2S/c1-7-10(14)11-5-9(13)12(7)6-8-3-2-4-15-8/h7-8H,2-6H2,1H3,(H,11,14). The van der Waals surface area contributed by atoms with Crippen molar-refractivity contribution in [3.63, 3.8) is 0 Å². The summed E-state index contributed by atoms with van der Waals surface area (Å²) < 4.78 is 0. The predicted molar refractivity (Wildman–Crippen MR) is 59.7 cm³/mol. The molecule has 2 saturated heterocycles. The highest BCUT2D eigenvalue weighted by Crippen LogP contribution is 2.27. The van der Waals surface area contributed by atoms with Crippen molar-refractivity contribution in [3.05, 3.63) is 0 Å². The minimum atomic E-state index is -0.299. The van der Waals surface area contributed by atoms with E-state index in [9.17, 15) is 9.59 Å². The zero-order valence-electron chi connectivity index (χ0n) is 8.86. The Labute approximate surface area is 93.8 Å². The number of amides is 2. The number of carbonyl (C=O) groups excluding carboxylic acids is 2. The highest BCUT2D eigenvalue weighted by Gasteiger charge is 2.33. The second-order valence-corrected chi connectivity index (χ2v) is 5.48. The maximum Gasteiger partial charge on any atom is 0.242 e. The lowest BCUT2D eigenvalue weighted by Gasteiger charge is -2.34. The van der Waals surface area contributed by atoms with Gasteiger partial charge in [-0.25, -0.2) is 0 Å². The van der Waals surface area contributed by atoms with Crippen LogP contribution in [0.3, 0.4) is 0 Å². The Hall–Kier alpha value is -0.710. The molecule has 2 fully saturated rings. The molecule has 15 heavy (non-hydrogen) atoms.